The molecule has 0 rings (SSSR count). The molecule has 0 saturated carbocycles. The molecule has 4 heteroatoms. The van der Waals surface area contributed by atoms with Crippen LogP contribution in [-0.4, -0.2) is 22.8 Å². The molecule has 0 bridgehead atoms. The molecule has 0 radical (unpaired) electrons. The van der Waals surface area contributed by atoms with E-state index < -0.39 is 23.6 Å². The number of nitriles is 1. The van der Waals surface area contributed by atoms with Crippen molar-refractivity contribution >= 4 is 5.97 Å². The van der Waals surface area contributed by atoms with Crippen molar-refractivity contribution in [1.82, 2.24) is 0 Å². The van der Waals surface area contributed by atoms with Crippen LogP contribution in [0.1, 0.15) is 34.1 Å². The van der Waals surface area contributed by atoms with Crippen molar-refractivity contribution in [3.05, 3.63) is 0 Å². The second-order valence-corrected chi connectivity index (χ2v) is 4.30. The third kappa shape index (κ3) is 5.55. The average molecular weight is 199 g/mol. The van der Waals surface area contributed by atoms with Gasteiger partial charge in [0.15, 0.2) is 0 Å². The van der Waals surface area contributed by atoms with Gasteiger partial charge in [0, 0.05) is 0 Å². The maximum absolute atomic E-state index is 11.4. The number of aliphatic hydroxyl groups is 1. The normalized spacial score (nSPS) is 15.4. The Morgan fingerprint density at radius 2 is 2.07 bits per heavy atom. The Morgan fingerprint density at radius 3 is 2.36 bits per heavy atom. The average Bonchev–Trinajstić information content (AvgIpc) is 1.96. The lowest BCUT2D eigenvalue weighted by atomic mass is 10.0. The van der Waals surface area contributed by atoms with E-state index in [1.165, 1.54) is 6.92 Å². The van der Waals surface area contributed by atoms with Crippen LogP contribution in [0.3, 0.4) is 0 Å². The molecule has 0 aromatic heterocycles. The molecule has 2 atom stereocenters. The molecule has 0 aliphatic rings. The van der Waals surface area contributed by atoms with Gasteiger partial charge in [0.05, 0.1) is 12.2 Å². The molecule has 0 amide bonds. The fourth-order valence-electron chi connectivity index (χ4n) is 0.916. The van der Waals surface area contributed by atoms with Crippen molar-refractivity contribution in [1.29, 1.82) is 5.26 Å². The topological polar surface area (TPSA) is 70.3 Å². The maximum Gasteiger partial charge on any atom is 0.323 e. The molecule has 0 saturated heterocycles. The van der Waals surface area contributed by atoms with Crippen molar-refractivity contribution in [2.24, 2.45) is 5.92 Å². The summed E-state index contributed by atoms with van der Waals surface area (Å²) in [5.74, 6) is -1.45. The van der Waals surface area contributed by atoms with E-state index >= 15 is 0 Å². The first-order chi connectivity index (χ1) is 6.26. The van der Waals surface area contributed by atoms with E-state index in [1.807, 2.05) is 6.07 Å². The highest BCUT2D eigenvalue weighted by atomic mass is 16.6. The van der Waals surface area contributed by atoms with E-state index in [4.69, 9.17) is 15.1 Å². The smallest absolute Gasteiger partial charge is 0.323 e. The molecule has 80 valence electrons. The van der Waals surface area contributed by atoms with Gasteiger partial charge in [0.2, 0.25) is 0 Å². The number of ether oxygens (including phenoxy) is 1. The second-order valence-electron chi connectivity index (χ2n) is 4.30. The highest BCUT2D eigenvalue weighted by molar-refractivity contribution is 5.75. The first-order valence-electron chi connectivity index (χ1n) is 4.57. The summed E-state index contributed by atoms with van der Waals surface area (Å²) in [6.07, 6.45) is -0.557. The van der Waals surface area contributed by atoms with E-state index in [1.54, 1.807) is 20.8 Å². The summed E-state index contributed by atoms with van der Waals surface area (Å²) >= 11 is 0. The highest BCUT2D eigenvalue weighted by Crippen LogP contribution is 2.14. The van der Waals surface area contributed by atoms with Gasteiger partial charge in [-0.2, -0.15) is 5.26 Å². The number of carbonyl (C=O) groups excluding carboxylic acids is 1. The van der Waals surface area contributed by atoms with Crippen LogP contribution in [0.15, 0.2) is 0 Å². The second kappa shape index (κ2) is 4.97. The van der Waals surface area contributed by atoms with Gasteiger partial charge in [-0.3, -0.25) is 4.79 Å². The highest BCUT2D eigenvalue weighted by Gasteiger charge is 2.25. The molecule has 14 heavy (non-hydrogen) atoms. The number of esters is 1. The van der Waals surface area contributed by atoms with E-state index in [-0.39, 0.29) is 6.42 Å². The SMILES string of the molecule is CC(O)CC(C#N)C(=O)OC(C)(C)C. The van der Waals surface area contributed by atoms with E-state index in [9.17, 15) is 4.79 Å². The predicted octanol–water partition coefficient (Wildman–Crippen LogP) is 1.24. The minimum Gasteiger partial charge on any atom is -0.459 e. The fourth-order valence-corrected chi connectivity index (χ4v) is 0.916. The molecule has 0 fully saturated rings. The van der Waals surface area contributed by atoms with Crippen molar-refractivity contribution < 1.29 is 14.6 Å². The molecular formula is C10H17NO3. The Bertz CT molecular complexity index is 235. The number of rotatable bonds is 3. The van der Waals surface area contributed by atoms with Crippen molar-refractivity contribution in [3.63, 3.8) is 0 Å². The Hall–Kier alpha value is -1.08. The maximum atomic E-state index is 11.4. The minimum atomic E-state index is -0.880. The van der Waals surface area contributed by atoms with Gasteiger partial charge >= 0.3 is 5.97 Å². The van der Waals surface area contributed by atoms with Crippen molar-refractivity contribution in [3.8, 4) is 6.07 Å². The zero-order valence-corrected chi connectivity index (χ0v) is 9.07. The van der Waals surface area contributed by atoms with Crippen LogP contribution in [-0.2, 0) is 9.53 Å². The number of nitrogens with zero attached hydrogens (tertiary/aromatic N) is 1. The number of hydrogen-bond donors (Lipinski definition) is 1. The molecule has 0 aromatic carbocycles. The predicted molar refractivity (Wildman–Crippen MR) is 51.2 cm³/mol. The lowest BCUT2D eigenvalue weighted by Gasteiger charge is -2.21. The zero-order chi connectivity index (χ0) is 11.4. The fraction of sp³-hybridized carbons (Fsp3) is 0.800. The van der Waals surface area contributed by atoms with Crippen LogP contribution in [0.5, 0.6) is 0 Å². The van der Waals surface area contributed by atoms with Gasteiger partial charge in [0.1, 0.15) is 11.5 Å². The Morgan fingerprint density at radius 1 is 1.57 bits per heavy atom. The van der Waals surface area contributed by atoms with Crippen LogP contribution < -0.4 is 0 Å². The van der Waals surface area contributed by atoms with Gasteiger partial charge in [0.25, 0.3) is 0 Å². The third-order valence-electron chi connectivity index (χ3n) is 1.42. The summed E-state index contributed by atoms with van der Waals surface area (Å²) in [5.41, 5.74) is -0.592. The summed E-state index contributed by atoms with van der Waals surface area (Å²) in [6, 6.07) is 1.82. The number of hydrogen-bond acceptors (Lipinski definition) is 4. The van der Waals surface area contributed by atoms with Crippen LogP contribution in [0.2, 0.25) is 0 Å². The summed E-state index contributed by atoms with van der Waals surface area (Å²) in [6.45, 7) is 6.75. The molecular weight excluding hydrogens is 182 g/mol. The first-order valence-corrected chi connectivity index (χ1v) is 4.57. The molecule has 4 nitrogen and oxygen atoms in total. The monoisotopic (exact) mass is 199 g/mol. The third-order valence-corrected chi connectivity index (χ3v) is 1.42. The Labute approximate surface area is 84.5 Å². The van der Waals surface area contributed by atoms with Gasteiger partial charge in [-0.05, 0) is 34.1 Å². The zero-order valence-electron chi connectivity index (χ0n) is 9.07. The minimum absolute atomic E-state index is 0.116. The molecule has 2 unspecified atom stereocenters. The summed E-state index contributed by atoms with van der Waals surface area (Å²) in [7, 11) is 0. The van der Waals surface area contributed by atoms with Crippen LogP contribution in [0, 0.1) is 17.2 Å². The summed E-state index contributed by atoms with van der Waals surface area (Å²) in [5, 5.41) is 17.7. The van der Waals surface area contributed by atoms with Gasteiger partial charge in [-0.25, -0.2) is 0 Å². The summed E-state index contributed by atoms with van der Waals surface area (Å²) in [4.78, 5) is 11.4. The van der Waals surface area contributed by atoms with Crippen molar-refractivity contribution in [2.45, 2.75) is 45.8 Å². The largest absolute Gasteiger partial charge is 0.459 e. The van der Waals surface area contributed by atoms with E-state index in [0.29, 0.717) is 0 Å². The van der Waals surface area contributed by atoms with Crippen LogP contribution in [0.25, 0.3) is 0 Å². The van der Waals surface area contributed by atoms with Crippen LogP contribution in [0.4, 0.5) is 0 Å². The first kappa shape index (κ1) is 12.9. The van der Waals surface area contributed by atoms with Gasteiger partial charge in [-0.15, -0.1) is 0 Å². The van der Waals surface area contributed by atoms with Gasteiger partial charge in [-0.1, -0.05) is 0 Å². The standard InChI is InChI=1S/C10H17NO3/c1-7(12)5-8(6-11)9(13)14-10(2,3)4/h7-8,12H,5H2,1-4H3. The quantitative estimate of drug-likeness (QED) is 0.694. The molecule has 0 aliphatic heterocycles. The summed E-state index contributed by atoms with van der Waals surface area (Å²) < 4.78 is 5.02. The van der Waals surface area contributed by atoms with Crippen LogP contribution >= 0.6 is 0 Å². The van der Waals surface area contributed by atoms with Gasteiger partial charge < -0.3 is 9.84 Å². The van der Waals surface area contributed by atoms with Crippen molar-refractivity contribution in [2.75, 3.05) is 0 Å². The molecule has 1 N–H and O–H groups in total. The number of carbonyl (C=O) groups is 1. The lowest BCUT2D eigenvalue weighted by Crippen LogP contribution is -2.29. The molecule has 0 aliphatic carbocycles. The lowest BCUT2D eigenvalue weighted by molar-refractivity contribution is -0.158. The van der Waals surface area contributed by atoms with E-state index in [2.05, 4.69) is 0 Å². The molecule has 0 aromatic rings. The molecule has 0 spiro atoms. The number of aliphatic hydroxyl groups excluding tert-OH is 1. The van der Waals surface area contributed by atoms with E-state index in [0.717, 1.165) is 0 Å². The Balaban J connectivity index is 4.28. The Kier molecular flexibility index (Phi) is 4.58. The molecule has 0 heterocycles.